The Morgan fingerprint density at radius 3 is 2.44 bits per heavy atom. The third-order valence-electron chi connectivity index (χ3n) is 4.65. The molecule has 3 aromatic rings. The summed E-state index contributed by atoms with van der Waals surface area (Å²) in [6.07, 6.45) is 0.406. The van der Waals surface area contributed by atoms with Crippen molar-refractivity contribution < 1.29 is 28.5 Å². The molecule has 0 bridgehead atoms. The maximum absolute atomic E-state index is 13.1. The lowest BCUT2D eigenvalue weighted by Crippen LogP contribution is -2.16. The molecule has 3 aromatic carbocycles. The van der Waals surface area contributed by atoms with Crippen LogP contribution in [-0.2, 0) is 11.2 Å². The molecule has 1 atom stereocenters. The van der Waals surface area contributed by atoms with E-state index in [0.29, 0.717) is 41.0 Å². The van der Waals surface area contributed by atoms with Crippen molar-refractivity contribution in [2.75, 3.05) is 6.61 Å². The predicted molar refractivity (Wildman–Crippen MR) is 121 cm³/mol. The number of hydrogen-bond donors (Lipinski definition) is 1. The summed E-state index contributed by atoms with van der Waals surface area (Å²) < 4.78 is 30.8. The van der Waals surface area contributed by atoms with Gasteiger partial charge in [-0.25, -0.2) is 4.39 Å². The maximum Gasteiger partial charge on any atom is 0.307 e. The summed E-state index contributed by atoms with van der Waals surface area (Å²) in [4.78, 5) is 10.8. The van der Waals surface area contributed by atoms with Crippen LogP contribution in [0.2, 0.25) is 5.02 Å². The molecular weight excluding hydrogens is 435 g/mol. The summed E-state index contributed by atoms with van der Waals surface area (Å²) in [5.41, 5.74) is 1.61. The summed E-state index contributed by atoms with van der Waals surface area (Å²) in [5, 5.41) is 9.40. The number of carboxylic acids is 1. The molecule has 0 fully saturated rings. The van der Waals surface area contributed by atoms with Crippen molar-refractivity contribution in [2.24, 2.45) is 0 Å². The molecule has 3 rings (SSSR count). The normalized spacial score (nSPS) is 11.6. The molecule has 0 heterocycles. The first-order chi connectivity index (χ1) is 15.3. The number of rotatable bonds is 10. The minimum Gasteiger partial charge on any atom is -0.493 e. The molecule has 0 aliphatic carbocycles. The quantitative estimate of drug-likeness (QED) is 0.378. The lowest BCUT2D eigenvalue weighted by Gasteiger charge is -2.18. The van der Waals surface area contributed by atoms with Gasteiger partial charge in [-0.15, -0.1) is 0 Å². The largest absolute Gasteiger partial charge is 0.493 e. The third kappa shape index (κ3) is 6.89. The van der Waals surface area contributed by atoms with Gasteiger partial charge in [-0.1, -0.05) is 23.7 Å². The van der Waals surface area contributed by atoms with Crippen molar-refractivity contribution >= 4 is 17.6 Å². The molecule has 0 radical (unpaired) electrons. The van der Waals surface area contributed by atoms with Crippen LogP contribution in [-0.4, -0.2) is 23.8 Å². The van der Waals surface area contributed by atoms with Gasteiger partial charge in [0.05, 0.1) is 19.1 Å². The lowest BCUT2D eigenvalue weighted by atomic mass is 10.1. The first-order valence-corrected chi connectivity index (χ1v) is 10.5. The minimum atomic E-state index is -0.867. The molecule has 1 N–H and O–H groups in total. The maximum atomic E-state index is 13.1. The van der Waals surface area contributed by atoms with Gasteiger partial charge in [-0.05, 0) is 67.4 Å². The van der Waals surface area contributed by atoms with Gasteiger partial charge in [0.25, 0.3) is 0 Å². The van der Waals surface area contributed by atoms with Crippen LogP contribution in [0.3, 0.4) is 0 Å². The molecule has 0 amide bonds. The molecule has 0 aliphatic heterocycles. The molecule has 0 aromatic heterocycles. The van der Waals surface area contributed by atoms with Gasteiger partial charge in [0.1, 0.15) is 17.3 Å². The lowest BCUT2D eigenvalue weighted by molar-refractivity contribution is -0.136. The van der Waals surface area contributed by atoms with E-state index in [2.05, 4.69) is 0 Å². The highest BCUT2D eigenvalue weighted by Gasteiger charge is 2.13. The number of halogens is 2. The molecule has 32 heavy (non-hydrogen) atoms. The predicted octanol–water partition coefficient (Wildman–Crippen LogP) is 6.44. The Kier molecular flexibility index (Phi) is 7.95. The average molecular weight is 459 g/mol. The zero-order chi connectivity index (χ0) is 23.1. The highest BCUT2D eigenvalue weighted by atomic mass is 35.5. The SMILES string of the molecule is Cc1cc(CC(=O)O)ccc1OCC[C@@H](C)Oc1ccc(Cl)cc1Oc1ccc(F)cc1. The number of hydrogen-bond acceptors (Lipinski definition) is 4. The summed E-state index contributed by atoms with van der Waals surface area (Å²) in [6, 6.07) is 16.1. The molecule has 5 nitrogen and oxygen atoms in total. The number of aryl methyl sites for hydroxylation is 1. The van der Waals surface area contributed by atoms with E-state index in [4.69, 9.17) is 30.9 Å². The van der Waals surface area contributed by atoms with Gasteiger partial charge in [0.15, 0.2) is 11.5 Å². The fourth-order valence-electron chi connectivity index (χ4n) is 3.06. The second kappa shape index (κ2) is 10.9. The van der Waals surface area contributed by atoms with Crippen LogP contribution in [0, 0.1) is 12.7 Å². The van der Waals surface area contributed by atoms with E-state index >= 15 is 0 Å². The molecule has 0 spiro atoms. The van der Waals surface area contributed by atoms with Crippen molar-refractivity contribution in [2.45, 2.75) is 32.8 Å². The van der Waals surface area contributed by atoms with Gasteiger partial charge in [-0.2, -0.15) is 0 Å². The van der Waals surface area contributed by atoms with Gasteiger partial charge in [-0.3, -0.25) is 4.79 Å². The van der Waals surface area contributed by atoms with E-state index in [-0.39, 0.29) is 18.3 Å². The van der Waals surface area contributed by atoms with Crippen LogP contribution in [0.4, 0.5) is 4.39 Å². The van der Waals surface area contributed by atoms with E-state index < -0.39 is 5.97 Å². The smallest absolute Gasteiger partial charge is 0.307 e. The van der Waals surface area contributed by atoms with Crippen LogP contribution in [0.5, 0.6) is 23.0 Å². The number of benzene rings is 3. The molecular formula is C25H24ClFO5. The fourth-order valence-corrected chi connectivity index (χ4v) is 3.22. The van der Waals surface area contributed by atoms with E-state index in [9.17, 15) is 9.18 Å². The van der Waals surface area contributed by atoms with Crippen LogP contribution in [0.1, 0.15) is 24.5 Å². The van der Waals surface area contributed by atoms with E-state index in [1.54, 1.807) is 30.3 Å². The Morgan fingerprint density at radius 2 is 1.75 bits per heavy atom. The highest BCUT2D eigenvalue weighted by molar-refractivity contribution is 6.30. The summed E-state index contributed by atoms with van der Waals surface area (Å²) in [6.45, 7) is 4.22. The number of ether oxygens (including phenoxy) is 3. The molecule has 0 saturated carbocycles. The van der Waals surface area contributed by atoms with E-state index in [1.165, 1.54) is 24.3 Å². The van der Waals surface area contributed by atoms with Gasteiger partial charge in [0, 0.05) is 17.5 Å². The van der Waals surface area contributed by atoms with Crippen LogP contribution >= 0.6 is 11.6 Å². The van der Waals surface area contributed by atoms with Crippen molar-refractivity contribution in [3.63, 3.8) is 0 Å². The minimum absolute atomic E-state index is 0.0184. The van der Waals surface area contributed by atoms with E-state index in [1.807, 2.05) is 19.9 Å². The Balaban J connectivity index is 1.57. The highest BCUT2D eigenvalue weighted by Crippen LogP contribution is 2.35. The summed E-state index contributed by atoms with van der Waals surface area (Å²) in [7, 11) is 0. The van der Waals surface area contributed by atoms with Gasteiger partial charge in [0.2, 0.25) is 0 Å². The monoisotopic (exact) mass is 458 g/mol. The van der Waals surface area contributed by atoms with Crippen molar-refractivity contribution in [1.29, 1.82) is 0 Å². The first-order valence-electron chi connectivity index (χ1n) is 10.1. The number of carboxylic acid groups (broad SMARTS) is 1. The first kappa shape index (κ1) is 23.4. The zero-order valence-electron chi connectivity index (χ0n) is 17.8. The third-order valence-corrected chi connectivity index (χ3v) is 4.89. The van der Waals surface area contributed by atoms with E-state index in [0.717, 1.165) is 11.1 Å². The molecule has 0 aliphatic rings. The zero-order valence-corrected chi connectivity index (χ0v) is 18.6. The Morgan fingerprint density at radius 1 is 1.03 bits per heavy atom. The second-order valence-electron chi connectivity index (χ2n) is 7.38. The second-order valence-corrected chi connectivity index (χ2v) is 7.82. The van der Waals surface area contributed by atoms with Crippen molar-refractivity contribution in [1.82, 2.24) is 0 Å². The topological polar surface area (TPSA) is 65.0 Å². The Bertz CT molecular complexity index is 1070. The standard InChI is InChI=1S/C25H24ClFO5/c1-16-13-18(14-25(28)29)3-9-22(16)30-12-11-17(2)31-23-10-4-19(26)15-24(23)32-21-7-5-20(27)6-8-21/h3-10,13,15,17H,11-12,14H2,1-2H3,(H,28,29)/t17-/m1/s1. The fraction of sp³-hybridized carbons (Fsp3) is 0.240. The van der Waals surface area contributed by atoms with Crippen LogP contribution < -0.4 is 14.2 Å². The number of aliphatic carboxylic acids is 1. The van der Waals surface area contributed by atoms with Crippen molar-refractivity contribution in [3.8, 4) is 23.0 Å². The van der Waals surface area contributed by atoms with Crippen LogP contribution in [0.15, 0.2) is 60.7 Å². The molecule has 0 unspecified atom stereocenters. The Hall–Kier alpha value is -3.25. The summed E-state index contributed by atoms with van der Waals surface area (Å²) >= 11 is 6.10. The number of carbonyl (C=O) groups is 1. The molecule has 0 saturated heterocycles. The summed E-state index contributed by atoms with van der Waals surface area (Å²) in [5.74, 6) is 0.908. The van der Waals surface area contributed by atoms with Crippen LogP contribution in [0.25, 0.3) is 0 Å². The molecule has 168 valence electrons. The Labute approximate surface area is 191 Å². The average Bonchev–Trinajstić information content (AvgIpc) is 2.73. The van der Waals surface area contributed by atoms with Gasteiger partial charge < -0.3 is 19.3 Å². The van der Waals surface area contributed by atoms with Crippen molar-refractivity contribution in [3.05, 3.63) is 82.6 Å². The molecule has 7 heteroatoms. The van der Waals surface area contributed by atoms with Gasteiger partial charge >= 0.3 is 5.97 Å².